The van der Waals surface area contributed by atoms with Crippen LogP contribution >= 0.6 is 0 Å². The zero-order chi connectivity index (χ0) is 13.0. The SMILES string of the molecule is CCC(COC)NC(=O)c1cnc(C2CC2)nc1. The molecule has 5 nitrogen and oxygen atoms in total. The summed E-state index contributed by atoms with van der Waals surface area (Å²) in [6.07, 6.45) is 6.38. The number of carbonyl (C=O) groups is 1. The number of aromatic nitrogens is 2. The fourth-order valence-electron chi connectivity index (χ4n) is 1.74. The van der Waals surface area contributed by atoms with Crippen LogP contribution in [0.4, 0.5) is 0 Å². The second kappa shape index (κ2) is 5.91. The van der Waals surface area contributed by atoms with E-state index in [1.165, 1.54) is 0 Å². The Labute approximate surface area is 107 Å². The van der Waals surface area contributed by atoms with Crippen LogP contribution in [0, 0.1) is 0 Å². The molecule has 98 valence electrons. The molecule has 1 aromatic heterocycles. The molecular formula is C13H19N3O2. The molecule has 1 heterocycles. The molecule has 18 heavy (non-hydrogen) atoms. The van der Waals surface area contributed by atoms with E-state index in [9.17, 15) is 4.79 Å². The number of rotatable bonds is 6. The number of hydrogen-bond acceptors (Lipinski definition) is 4. The van der Waals surface area contributed by atoms with Gasteiger partial charge in [0, 0.05) is 25.4 Å². The summed E-state index contributed by atoms with van der Waals surface area (Å²) in [7, 11) is 1.63. The highest BCUT2D eigenvalue weighted by molar-refractivity contribution is 5.93. The molecule has 0 aliphatic heterocycles. The molecule has 0 spiro atoms. The normalized spacial score (nSPS) is 16.3. The van der Waals surface area contributed by atoms with Crippen LogP contribution in [0.3, 0.4) is 0 Å². The van der Waals surface area contributed by atoms with Crippen LogP contribution in [0.15, 0.2) is 12.4 Å². The van der Waals surface area contributed by atoms with Gasteiger partial charge in [-0.05, 0) is 19.3 Å². The Balaban J connectivity index is 1.94. The highest BCUT2D eigenvalue weighted by atomic mass is 16.5. The van der Waals surface area contributed by atoms with Gasteiger partial charge in [0.2, 0.25) is 0 Å². The number of hydrogen-bond donors (Lipinski definition) is 1. The van der Waals surface area contributed by atoms with Crippen molar-refractivity contribution in [2.24, 2.45) is 0 Å². The molecule has 0 radical (unpaired) electrons. The van der Waals surface area contributed by atoms with Crippen molar-refractivity contribution in [2.45, 2.75) is 38.1 Å². The smallest absolute Gasteiger partial charge is 0.254 e. The molecule has 5 heteroatoms. The Morgan fingerprint density at radius 2 is 2.17 bits per heavy atom. The van der Waals surface area contributed by atoms with Gasteiger partial charge in [0.15, 0.2) is 0 Å². The van der Waals surface area contributed by atoms with Crippen molar-refractivity contribution in [1.29, 1.82) is 0 Å². The summed E-state index contributed by atoms with van der Waals surface area (Å²) in [6.45, 7) is 2.53. The summed E-state index contributed by atoms with van der Waals surface area (Å²) < 4.78 is 5.04. The van der Waals surface area contributed by atoms with Crippen molar-refractivity contribution < 1.29 is 9.53 Å². The second-order valence-electron chi connectivity index (χ2n) is 4.64. The van der Waals surface area contributed by atoms with Crippen molar-refractivity contribution in [3.8, 4) is 0 Å². The number of methoxy groups -OCH3 is 1. The van der Waals surface area contributed by atoms with Crippen LogP contribution in [0.25, 0.3) is 0 Å². The molecule has 1 aliphatic rings. The van der Waals surface area contributed by atoms with Crippen molar-refractivity contribution in [3.05, 3.63) is 23.8 Å². The second-order valence-corrected chi connectivity index (χ2v) is 4.64. The van der Waals surface area contributed by atoms with Gasteiger partial charge in [0.1, 0.15) is 5.82 Å². The standard InChI is InChI=1S/C13H19N3O2/c1-3-11(8-18-2)16-13(17)10-6-14-12(15-7-10)9-4-5-9/h6-7,9,11H,3-5,8H2,1-2H3,(H,16,17). The molecule has 2 rings (SSSR count). The molecule has 1 aromatic rings. The molecule has 1 amide bonds. The van der Waals surface area contributed by atoms with Crippen LogP contribution in [-0.2, 0) is 4.74 Å². The molecule has 0 bridgehead atoms. The third-order valence-corrected chi connectivity index (χ3v) is 3.07. The molecular weight excluding hydrogens is 230 g/mol. The van der Waals surface area contributed by atoms with Crippen LogP contribution in [0.5, 0.6) is 0 Å². The summed E-state index contributed by atoms with van der Waals surface area (Å²) in [5.41, 5.74) is 0.508. The third-order valence-electron chi connectivity index (χ3n) is 3.07. The average molecular weight is 249 g/mol. The number of carbonyl (C=O) groups excluding carboxylic acids is 1. The zero-order valence-electron chi connectivity index (χ0n) is 10.8. The first kappa shape index (κ1) is 13.0. The predicted molar refractivity (Wildman–Crippen MR) is 67.4 cm³/mol. The Kier molecular flexibility index (Phi) is 4.25. The van der Waals surface area contributed by atoms with E-state index in [-0.39, 0.29) is 11.9 Å². The first-order valence-corrected chi connectivity index (χ1v) is 6.36. The predicted octanol–water partition coefficient (Wildman–Crippen LogP) is 1.51. The van der Waals surface area contributed by atoms with E-state index in [4.69, 9.17) is 4.74 Å². The van der Waals surface area contributed by atoms with Crippen LogP contribution in [0.1, 0.15) is 48.3 Å². The van der Waals surface area contributed by atoms with Crippen molar-refractivity contribution in [2.75, 3.05) is 13.7 Å². The van der Waals surface area contributed by atoms with Gasteiger partial charge in [0.05, 0.1) is 18.2 Å². The fraction of sp³-hybridized carbons (Fsp3) is 0.615. The van der Waals surface area contributed by atoms with Crippen LogP contribution in [-0.4, -0.2) is 35.6 Å². The van der Waals surface area contributed by atoms with E-state index in [1.54, 1.807) is 19.5 Å². The average Bonchev–Trinajstić information content (AvgIpc) is 3.22. The third kappa shape index (κ3) is 3.26. The molecule has 0 saturated heterocycles. The van der Waals surface area contributed by atoms with Gasteiger partial charge in [-0.3, -0.25) is 4.79 Å². The monoisotopic (exact) mass is 249 g/mol. The number of amides is 1. The van der Waals surface area contributed by atoms with Crippen molar-refractivity contribution in [1.82, 2.24) is 15.3 Å². The first-order valence-electron chi connectivity index (χ1n) is 6.36. The lowest BCUT2D eigenvalue weighted by Gasteiger charge is -2.15. The van der Waals surface area contributed by atoms with E-state index < -0.39 is 0 Å². The maximum atomic E-state index is 11.9. The summed E-state index contributed by atoms with van der Waals surface area (Å²) >= 11 is 0. The topological polar surface area (TPSA) is 64.1 Å². The Bertz CT molecular complexity index is 401. The largest absolute Gasteiger partial charge is 0.383 e. The fourth-order valence-corrected chi connectivity index (χ4v) is 1.74. The van der Waals surface area contributed by atoms with Gasteiger partial charge < -0.3 is 10.1 Å². The highest BCUT2D eigenvalue weighted by Gasteiger charge is 2.26. The van der Waals surface area contributed by atoms with E-state index in [2.05, 4.69) is 15.3 Å². The first-order chi connectivity index (χ1) is 8.74. The summed E-state index contributed by atoms with van der Waals surface area (Å²) in [5, 5.41) is 2.90. The van der Waals surface area contributed by atoms with E-state index >= 15 is 0 Å². The van der Waals surface area contributed by atoms with Crippen LogP contribution < -0.4 is 5.32 Å². The maximum absolute atomic E-state index is 11.9. The van der Waals surface area contributed by atoms with Crippen molar-refractivity contribution >= 4 is 5.91 Å². The van der Waals surface area contributed by atoms with E-state index in [0.29, 0.717) is 18.1 Å². The molecule has 1 saturated carbocycles. The minimum Gasteiger partial charge on any atom is -0.383 e. The van der Waals surface area contributed by atoms with Gasteiger partial charge in [-0.2, -0.15) is 0 Å². The Hall–Kier alpha value is -1.49. The molecule has 1 atom stereocenters. The lowest BCUT2D eigenvalue weighted by Crippen LogP contribution is -2.37. The Morgan fingerprint density at radius 1 is 1.50 bits per heavy atom. The van der Waals surface area contributed by atoms with E-state index in [0.717, 1.165) is 25.1 Å². The lowest BCUT2D eigenvalue weighted by molar-refractivity contribution is 0.0894. The van der Waals surface area contributed by atoms with Gasteiger partial charge in [0.25, 0.3) is 5.91 Å². The quantitative estimate of drug-likeness (QED) is 0.830. The molecule has 1 unspecified atom stereocenters. The molecule has 1 fully saturated rings. The lowest BCUT2D eigenvalue weighted by atomic mass is 10.2. The number of nitrogens with zero attached hydrogens (tertiary/aromatic N) is 2. The maximum Gasteiger partial charge on any atom is 0.254 e. The van der Waals surface area contributed by atoms with Gasteiger partial charge in [-0.1, -0.05) is 6.92 Å². The van der Waals surface area contributed by atoms with Crippen molar-refractivity contribution in [3.63, 3.8) is 0 Å². The molecule has 1 aliphatic carbocycles. The zero-order valence-corrected chi connectivity index (χ0v) is 10.8. The number of nitrogens with one attached hydrogen (secondary N) is 1. The number of ether oxygens (including phenoxy) is 1. The summed E-state index contributed by atoms with van der Waals surface area (Å²) in [6, 6.07) is 0.0330. The Morgan fingerprint density at radius 3 is 2.67 bits per heavy atom. The van der Waals surface area contributed by atoms with E-state index in [1.807, 2.05) is 6.92 Å². The van der Waals surface area contributed by atoms with Gasteiger partial charge in [-0.25, -0.2) is 9.97 Å². The minimum absolute atomic E-state index is 0.0330. The van der Waals surface area contributed by atoms with Gasteiger partial charge in [-0.15, -0.1) is 0 Å². The minimum atomic E-state index is -0.138. The van der Waals surface area contributed by atoms with Gasteiger partial charge >= 0.3 is 0 Å². The van der Waals surface area contributed by atoms with Crippen LogP contribution in [0.2, 0.25) is 0 Å². The highest BCUT2D eigenvalue weighted by Crippen LogP contribution is 2.37. The molecule has 1 N–H and O–H groups in total. The molecule has 0 aromatic carbocycles. The summed E-state index contributed by atoms with van der Waals surface area (Å²) in [5.74, 6) is 1.23. The summed E-state index contributed by atoms with van der Waals surface area (Å²) in [4.78, 5) is 20.4.